The summed E-state index contributed by atoms with van der Waals surface area (Å²) >= 11 is 0. The smallest absolute Gasteiger partial charge is 0.291 e. The van der Waals surface area contributed by atoms with Gasteiger partial charge in [0.15, 0.2) is 5.78 Å². The number of hydrogen-bond acceptors (Lipinski definition) is 6. The molecule has 0 radical (unpaired) electrons. The van der Waals surface area contributed by atoms with Crippen molar-refractivity contribution in [3.63, 3.8) is 0 Å². The number of Topliss-reactive ketones (excluding diaryl/α,β-unsaturated/α-hetero) is 2. The average Bonchev–Trinajstić information content (AvgIpc) is 3.41. The lowest BCUT2D eigenvalue weighted by atomic mass is 9.87. The van der Waals surface area contributed by atoms with Gasteiger partial charge in [0.05, 0.1) is 19.5 Å². The number of imidazole rings is 1. The molecule has 1 fully saturated rings. The summed E-state index contributed by atoms with van der Waals surface area (Å²) in [6, 6.07) is 9.45. The number of nitrogens with zero attached hydrogens (tertiary/aromatic N) is 4. The van der Waals surface area contributed by atoms with E-state index in [1.165, 1.54) is 12.0 Å². The van der Waals surface area contributed by atoms with Crippen molar-refractivity contribution in [1.82, 2.24) is 19.4 Å². The summed E-state index contributed by atoms with van der Waals surface area (Å²) < 4.78 is 7.11. The number of likely N-dealkylation sites (tertiary alicyclic amines) is 1. The minimum absolute atomic E-state index is 0.333. The minimum atomic E-state index is -1.13. The Hall–Kier alpha value is -3.81. The van der Waals surface area contributed by atoms with Crippen LogP contribution in [0.5, 0.6) is 5.75 Å². The van der Waals surface area contributed by atoms with E-state index < -0.39 is 29.4 Å². The number of aromatic nitrogens is 3. The molecule has 1 aliphatic rings. The zero-order valence-electron chi connectivity index (χ0n) is 17.0. The van der Waals surface area contributed by atoms with Gasteiger partial charge in [-0.1, -0.05) is 18.2 Å². The van der Waals surface area contributed by atoms with E-state index in [1.807, 2.05) is 10.8 Å². The molecule has 8 nitrogen and oxygen atoms in total. The highest BCUT2D eigenvalue weighted by atomic mass is 16.5. The molecule has 31 heavy (non-hydrogen) atoms. The molecule has 0 spiro atoms. The highest BCUT2D eigenvalue weighted by molar-refractivity contribution is 6.44. The van der Waals surface area contributed by atoms with Crippen LogP contribution in [0.15, 0.2) is 67.5 Å². The third kappa shape index (κ3) is 4.09. The summed E-state index contributed by atoms with van der Waals surface area (Å²) in [4.78, 5) is 48.9. The third-order valence-corrected chi connectivity index (χ3v) is 5.44. The summed E-state index contributed by atoms with van der Waals surface area (Å²) in [7, 11) is 1.51. The molecule has 3 aromatic rings. The molecule has 0 aliphatic carbocycles. The standard InChI is InChI=1S/C23H22N4O4/c1-31-18-7-2-5-16(13-18)21(28)19-20(17-6-3-8-24-14-17)27(23(30)22(19)29)11-4-10-26-12-9-25-15-26/h2-3,5-9,12-15,19-20H,4,10-11H2,1H3. The molecule has 1 saturated heterocycles. The summed E-state index contributed by atoms with van der Waals surface area (Å²) in [5.41, 5.74) is 0.991. The zero-order chi connectivity index (χ0) is 21.8. The van der Waals surface area contributed by atoms with Crippen LogP contribution < -0.4 is 4.74 Å². The Labute approximate surface area is 179 Å². The predicted octanol–water partition coefficient (Wildman–Crippen LogP) is 2.33. The first-order valence-corrected chi connectivity index (χ1v) is 9.99. The van der Waals surface area contributed by atoms with Gasteiger partial charge in [0.2, 0.25) is 5.78 Å². The minimum Gasteiger partial charge on any atom is -0.497 e. The Bertz CT molecular complexity index is 1080. The first-order valence-electron chi connectivity index (χ1n) is 9.99. The van der Waals surface area contributed by atoms with Gasteiger partial charge in [-0.05, 0) is 30.2 Å². The van der Waals surface area contributed by atoms with Crippen LogP contribution in [-0.2, 0) is 16.1 Å². The highest BCUT2D eigenvalue weighted by Crippen LogP contribution is 2.38. The second-order valence-electron chi connectivity index (χ2n) is 7.32. The second-order valence-corrected chi connectivity index (χ2v) is 7.32. The van der Waals surface area contributed by atoms with Gasteiger partial charge < -0.3 is 14.2 Å². The average molecular weight is 418 g/mol. The molecule has 2 atom stereocenters. The van der Waals surface area contributed by atoms with Gasteiger partial charge in [0.25, 0.3) is 5.91 Å². The van der Waals surface area contributed by atoms with E-state index in [2.05, 4.69) is 9.97 Å². The van der Waals surface area contributed by atoms with Crippen molar-refractivity contribution in [2.75, 3.05) is 13.7 Å². The molecule has 1 aliphatic heterocycles. The molecule has 3 heterocycles. The number of carbonyl (C=O) groups excluding carboxylic acids is 3. The van der Waals surface area contributed by atoms with E-state index in [0.29, 0.717) is 36.4 Å². The number of ketones is 2. The second kappa shape index (κ2) is 8.91. The van der Waals surface area contributed by atoms with Crippen molar-refractivity contribution >= 4 is 17.5 Å². The maximum atomic E-state index is 13.4. The van der Waals surface area contributed by atoms with E-state index in [4.69, 9.17) is 4.74 Å². The molecule has 8 heteroatoms. The van der Waals surface area contributed by atoms with Crippen LogP contribution in [0.25, 0.3) is 0 Å². The number of rotatable bonds is 8. The number of pyridine rings is 1. The van der Waals surface area contributed by atoms with Crippen molar-refractivity contribution in [1.29, 1.82) is 0 Å². The quantitative estimate of drug-likeness (QED) is 0.317. The van der Waals surface area contributed by atoms with Crippen LogP contribution in [0, 0.1) is 5.92 Å². The topological polar surface area (TPSA) is 94.4 Å². The van der Waals surface area contributed by atoms with E-state index in [1.54, 1.807) is 61.3 Å². The fourth-order valence-corrected chi connectivity index (χ4v) is 3.95. The normalized spacial score (nSPS) is 18.4. The third-order valence-electron chi connectivity index (χ3n) is 5.44. The Balaban J connectivity index is 1.65. The highest BCUT2D eigenvalue weighted by Gasteiger charge is 2.51. The predicted molar refractivity (Wildman–Crippen MR) is 111 cm³/mol. The number of methoxy groups -OCH3 is 1. The Morgan fingerprint density at radius 3 is 2.68 bits per heavy atom. The van der Waals surface area contributed by atoms with Crippen molar-refractivity contribution < 1.29 is 19.1 Å². The molecule has 4 rings (SSSR count). The lowest BCUT2D eigenvalue weighted by Crippen LogP contribution is -2.32. The number of ether oxygens (including phenoxy) is 1. The van der Waals surface area contributed by atoms with Gasteiger partial charge in [-0.15, -0.1) is 0 Å². The molecule has 1 amide bonds. The Morgan fingerprint density at radius 2 is 1.97 bits per heavy atom. The molecule has 2 aromatic heterocycles. The monoisotopic (exact) mass is 418 g/mol. The van der Waals surface area contributed by atoms with E-state index >= 15 is 0 Å². The number of aryl methyl sites for hydroxylation is 1. The molecule has 0 N–H and O–H groups in total. The maximum Gasteiger partial charge on any atom is 0.291 e. The van der Waals surface area contributed by atoms with Crippen LogP contribution >= 0.6 is 0 Å². The molecule has 1 aromatic carbocycles. The van der Waals surface area contributed by atoms with Crippen molar-refractivity contribution in [3.05, 3.63) is 78.6 Å². The molecule has 2 unspecified atom stereocenters. The van der Waals surface area contributed by atoms with Gasteiger partial charge in [0.1, 0.15) is 11.7 Å². The van der Waals surface area contributed by atoms with Crippen LogP contribution in [0.1, 0.15) is 28.4 Å². The number of hydrogen-bond donors (Lipinski definition) is 0. The lowest BCUT2D eigenvalue weighted by molar-refractivity contribution is -0.140. The van der Waals surface area contributed by atoms with E-state index in [-0.39, 0.29) is 0 Å². The maximum absolute atomic E-state index is 13.4. The van der Waals surface area contributed by atoms with Crippen molar-refractivity contribution in [2.24, 2.45) is 5.92 Å². The molecular formula is C23H22N4O4. The Kier molecular flexibility index (Phi) is 5.88. The number of benzene rings is 1. The number of carbonyl (C=O) groups is 3. The van der Waals surface area contributed by atoms with Crippen LogP contribution in [0.4, 0.5) is 0 Å². The van der Waals surface area contributed by atoms with E-state index in [0.717, 1.165) is 0 Å². The largest absolute Gasteiger partial charge is 0.497 e. The first-order chi connectivity index (χ1) is 15.1. The SMILES string of the molecule is COc1cccc(C(=O)C2C(=O)C(=O)N(CCCn3ccnc3)C2c2cccnc2)c1. The summed E-state index contributed by atoms with van der Waals surface area (Å²) in [6.45, 7) is 0.983. The van der Waals surface area contributed by atoms with Gasteiger partial charge in [-0.2, -0.15) is 0 Å². The fraction of sp³-hybridized carbons (Fsp3) is 0.261. The van der Waals surface area contributed by atoms with Gasteiger partial charge >= 0.3 is 0 Å². The molecule has 158 valence electrons. The van der Waals surface area contributed by atoms with Crippen molar-refractivity contribution in [3.8, 4) is 5.75 Å². The van der Waals surface area contributed by atoms with E-state index in [9.17, 15) is 14.4 Å². The van der Waals surface area contributed by atoms with Crippen LogP contribution in [0.3, 0.4) is 0 Å². The molecule has 0 bridgehead atoms. The summed E-state index contributed by atoms with van der Waals surface area (Å²) in [6.07, 6.45) is 9.06. The van der Waals surface area contributed by atoms with Gasteiger partial charge in [0, 0.05) is 43.4 Å². The fourth-order valence-electron chi connectivity index (χ4n) is 3.95. The summed E-state index contributed by atoms with van der Waals surface area (Å²) in [5, 5.41) is 0. The van der Waals surface area contributed by atoms with Gasteiger partial charge in [-0.3, -0.25) is 19.4 Å². The van der Waals surface area contributed by atoms with Crippen LogP contribution in [0.2, 0.25) is 0 Å². The zero-order valence-corrected chi connectivity index (χ0v) is 17.0. The molecular weight excluding hydrogens is 396 g/mol. The van der Waals surface area contributed by atoms with Crippen LogP contribution in [-0.4, -0.2) is 50.6 Å². The first kappa shape index (κ1) is 20.5. The number of amides is 1. The Morgan fingerprint density at radius 1 is 1.10 bits per heavy atom. The summed E-state index contributed by atoms with van der Waals surface area (Å²) in [5.74, 6) is -2.34. The van der Waals surface area contributed by atoms with Gasteiger partial charge in [-0.25, -0.2) is 4.98 Å². The molecule has 0 saturated carbocycles. The lowest BCUT2D eigenvalue weighted by Gasteiger charge is -2.27. The van der Waals surface area contributed by atoms with Crippen molar-refractivity contribution in [2.45, 2.75) is 19.0 Å².